The van der Waals surface area contributed by atoms with Gasteiger partial charge < -0.3 is 34.4 Å². The molecule has 2 fully saturated rings. The first-order valence-electron chi connectivity index (χ1n) is 12.6. The summed E-state index contributed by atoms with van der Waals surface area (Å²) in [5.74, 6) is -1.58. The number of ether oxygens (including phenoxy) is 1. The minimum atomic E-state index is -0.598. The first kappa shape index (κ1) is 25.3. The zero-order chi connectivity index (χ0) is 28.7. The van der Waals surface area contributed by atoms with E-state index in [1.165, 1.54) is 30.9 Å². The number of nitrogens with zero attached hydrogens (tertiary/aromatic N) is 4. The number of amides is 3. The number of aromatic nitrogens is 4. The maximum Gasteiger partial charge on any atom is 0.340 e. The fourth-order valence-corrected chi connectivity index (χ4v) is 6.15. The van der Waals surface area contributed by atoms with Gasteiger partial charge >= 0.3 is 5.97 Å². The number of piperidine rings is 1. The molecule has 206 valence electrons. The Bertz CT molecular complexity index is 1710. The van der Waals surface area contributed by atoms with Crippen LogP contribution in [-0.4, -0.2) is 67.1 Å². The summed E-state index contributed by atoms with van der Waals surface area (Å²) in [4.78, 5) is 72.6. The molecule has 3 aromatic heterocycles. The summed E-state index contributed by atoms with van der Waals surface area (Å²) in [6.45, 7) is 3.47. The number of carbonyl (C=O) groups excluding carboxylic acids is 5. The van der Waals surface area contributed by atoms with E-state index in [0.29, 0.717) is 46.1 Å². The van der Waals surface area contributed by atoms with E-state index in [2.05, 4.69) is 20.6 Å². The standard InChI is InChI=1S/C27H27N7O6/c1-12-20(26(39)40-5)21-22(28-12)17(36)7-18-27(21)8-14(27)9-34(18)25(38)16-6-15(10-32(16)3)30-24(37)23-31-19(11-33(23)4)29-13(2)35/h6-7,10-11,14,28H,8-9H2,1-5H3,(H,29,35)(H,30,37)/t14-,27+/m1/s1. The van der Waals surface area contributed by atoms with E-state index in [-0.39, 0.29) is 35.2 Å². The average molecular weight is 546 g/mol. The molecule has 3 aliphatic rings. The van der Waals surface area contributed by atoms with Crippen molar-refractivity contribution < 1.29 is 28.7 Å². The van der Waals surface area contributed by atoms with Crippen molar-refractivity contribution in [2.45, 2.75) is 25.7 Å². The third-order valence-corrected chi connectivity index (χ3v) is 7.90. The molecule has 0 aromatic carbocycles. The van der Waals surface area contributed by atoms with E-state index in [9.17, 15) is 24.0 Å². The van der Waals surface area contributed by atoms with Gasteiger partial charge in [-0.2, -0.15) is 0 Å². The van der Waals surface area contributed by atoms with E-state index in [1.807, 2.05) is 0 Å². The summed E-state index contributed by atoms with van der Waals surface area (Å²) < 4.78 is 8.10. The summed E-state index contributed by atoms with van der Waals surface area (Å²) in [6, 6.07) is 1.56. The third kappa shape index (κ3) is 3.53. The van der Waals surface area contributed by atoms with Crippen LogP contribution in [0, 0.1) is 12.8 Å². The second-order valence-corrected chi connectivity index (χ2v) is 10.5. The second kappa shape index (κ2) is 8.53. The van der Waals surface area contributed by atoms with E-state index >= 15 is 0 Å². The van der Waals surface area contributed by atoms with Crippen molar-refractivity contribution in [2.75, 3.05) is 24.3 Å². The number of likely N-dealkylation sites (tertiary alicyclic amines) is 1. The number of nitrogens with one attached hydrogen (secondary N) is 3. The number of carbonyl (C=O) groups is 5. The molecule has 13 nitrogen and oxygen atoms in total. The van der Waals surface area contributed by atoms with Gasteiger partial charge in [-0.15, -0.1) is 0 Å². The van der Waals surface area contributed by atoms with Crippen molar-refractivity contribution in [3.05, 3.63) is 64.3 Å². The molecule has 3 aromatic rings. The molecule has 1 saturated carbocycles. The highest BCUT2D eigenvalue weighted by Gasteiger charge is 2.69. The molecule has 2 aliphatic carbocycles. The number of ketones is 1. The van der Waals surface area contributed by atoms with Gasteiger partial charge in [0.15, 0.2) is 5.82 Å². The number of aromatic amines is 1. The maximum absolute atomic E-state index is 13.8. The molecule has 0 unspecified atom stereocenters. The Labute approximate surface area is 228 Å². The van der Waals surface area contributed by atoms with Crippen LogP contribution in [-0.2, 0) is 29.0 Å². The van der Waals surface area contributed by atoms with Crippen molar-refractivity contribution in [3.63, 3.8) is 0 Å². The molecule has 0 radical (unpaired) electrons. The molecule has 3 N–H and O–H groups in total. The van der Waals surface area contributed by atoms with E-state index in [4.69, 9.17) is 4.74 Å². The Kier molecular flexibility index (Phi) is 5.40. The molecule has 13 heteroatoms. The predicted octanol–water partition coefficient (Wildman–Crippen LogP) is 1.89. The molecule has 0 bridgehead atoms. The number of imidazole rings is 1. The minimum absolute atomic E-state index is 0.0637. The lowest BCUT2D eigenvalue weighted by Gasteiger charge is -2.28. The second-order valence-electron chi connectivity index (χ2n) is 10.5. The number of hydrogen-bond acceptors (Lipinski definition) is 7. The zero-order valence-corrected chi connectivity index (χ0v) is 22.5. The summed E-state index contributed by atoms with van der Waals surface area (Å²) in [6.07, 6.45) is 5.35. The summed E-state index contributed by atoms with van der Waals surface area (Å²) in [5, 5.41) is 5.28. The number of aryl methyl sites for hydroxylation is 3. The summed E-state index contributed by atoms with van der Waals surface area (Å²) >= 11 is 0. The van der Waals surface area contributed by atoms with Crippen molar-refractivity contribution in [1.29, 1.82) is 0 Å². The Morgan fingerprint density at radius 3 is 2.60 bits per heavy atom. The monoisotopic (exact) mass is 545 g/mol. The number of esters is 1. The molecular formula is C27H27N7O6. The van der Waals surface area contributed by atoms with Crippen molar-refractivity contribution in [1.82, 2.24) is 24.0 Å². The number of hydrogen-bond donors (Lipinski definition) is 3. The van der Waals surface area contributed by atoms with Crippen LogP contribution in [0.15, 0.2) is 30.2 Å². The van der Waals surface area contributed by atoms with E-state index < -0.39 is 17.3 Å². The lowest BCUT2D eigenvalue weighted by Crippen LogP contribution is -2.35. The summed E-state index contributed by atoms with van der Waals surface area (Å²) in [5.41, 5.74) is 2.57. The molecular weight excluding hydrogens is 518 g/mol. The van der Waals surface area contributed by atoms with Gasteiger partial charge in [0.25, 0.3) is 11.8 Å². The van der Waals surface area contributed by atoms with Crippen LogP contribution < -0.4 is 10.6 Å². The quantitative estimate of drug-likeness (QED) is 0.413. The highest BCUT2D eigenvalue weighted by Crippen LogP contribution is 2.67. The van der Waals surface area contributed by atoms with Gasteiger partial charge in [0.05, 0.1) is 24.1 Å². The number of anilines is 2. The van der Waals surface area contributed by atoms with Gasteiger partial charge in [-0.3, -0.25) is 19.2 Å². The van der Waals surface area contributed by atoms with Crippen molar-refractivity contribution in [3.8, 4) is 0 Å². The molecule has 3 amide bonds. The first-order valence-corrected chi connectivity index (χ1v) is 12.6. The Morgan fingerprint density at radius 2 is 1.90 bits per heavy atom. The lowest BCUT2D eigenvalue weighted by atomic mass is 9.82. The van der Waals surface area contributed by atoms with Crippen LogP contribution >= 0.6 is 0 Å². The van der Waals surface area contributed by atoms with Gasteiger partial charge in [0, 0.05) is 68.4 Å². The molecule has 1 aliphatic heterocycles. The van der Waals surface area contributed by atoms with Crippen LogP contribution in [0.4, 0.5) is 11.5 Å². The zero-order valence-electron chi connectivity index (χ0n) is 22.5. The molecule has 4 heterocycles. The van der Waals surface area contributed by atoms with Crippen LogP contribution in [0.25, 0.3) is 0 Å². The van der Waals surface area contributed by atoms with Crippen molar-refractivity contribution >= 4 is 41.0 Å². The molecule has 6 rings (SSSR count). The summed E-state index contributed by atoms with van der Waals surface area (Å²) in [7, 11) is 4.62. The number of fused-ring (bicyclic) bond motifs is 1. The fraction of sp³-hybridized carbons (Fsp3) is 0.333. The highest BCUT2D eigenvalue weighted by atomic mass is 16.5. The van der Waals surface area contributed by atoms with Gasteiger partial charge in [-0.1, -0.05) is 0 Å². The minimum Gasteiger partial charge on any atom is -0.465 e. The highest BCUT2D eigenvalue weighted by molar-refractivity contribution is 6.12. The molecule has 40 heavy (non-hydrogen) atoms. The molecule has 1 spiro atoms. The predicted molar refractivity (Wildman–Crippen MR) is 141 cm³/mol. The molecule has 2 atom stereocenters. The number of allylic oxidation sites excluding steroid dienone is 2. The van der Waals surface area contributed by atoms with Crippen LogP contribution in [0.3, 0.4) is 0 Å². The van der Waals surface area contributed by atoms with E-state index in [1.54, 1.807) is 42.7 Å². The Balaban J connectivity index is 1.27. The Hall–Kier alpha value is -4.94. The average Bonchev–Trinajstić information content (AvgIpc) is 3.20. The maximum atomic E-state index is 13.8. The SMILES string of the molecule is COC(=O)c1c(C)[nH]c2c1[C@@]13C[C@@H]1CN(C(=O)c1cc(NC(=O)c4nc(NC(C)=O)cn4C)cn1C)C3=CC2=O. The Morgan fingerprint density at radius 1 is 1.15 bits per heavy atom. The smallest absolute Gasteiger partial charge is 0.340 e. The number of H-pyrrole nitrogens is 1. The van der Waals surface area contributed by atoms with Crippen LogP contribution in [0.2, 0.25) is 0 Å². The van der Waals surface area contributed by atoms with Gasteiger partial charge in [0.2, 0.25) is 17.5 Å². The fourth-order valence-electron chi connectivity index (χ4n) is 6.15. The van der Waals surface area contributed by atoms with Gasteiger partial charge in [0.1, 0.15) is 5.69 Å². The topological polar surface area (TPSA) is 160 Å². The van der Waals surface area contributed by atoms with Crippen LogP contribution in [0.5, 0.6) is 0 Å². The van der Waals surface area contributed by atoms with Gasteiger partial charge in [-0.05, 0) is 25.3 Å². The van der Waals surface area contributed by atoms with Gasteiger partial charge in [-0.25, -0.2) is 9.78 Å². The largest absolute Gasteiger partial charge is 0.465 e. The normalized spacial score (nSPS) is 20.3. The van der Waals surface area contributed by atoms with Crippen molar-refractivity contribution in [2.24, 2.45) is 20.0 Å². The third-order valence-electron chi connectivity index (χ3n) is 7.90. The number of rotatable bonds is 5. The van der Waals surface area contributed by atoms with E-state index in [0.717, 1.165) is 6.42 Å². The number of methoxy groups -OCH3 is 1. The first-order chi connectivity index (χ1) is 19.0. The lowest BCUT2D eigenvalue weighted by molar-refractivity contribution is -0.114. The molecule has 1 saturated heterocycles. The van der Waals surface area contributed by atoms with Crippen LogP contribution in [0.1, 0.15) is 66.6 Å².